The Balaban J connectivity index is 1.60. The quantitative estimate of drug-likeness (QED) is 0.257. The fraction of sp³-hybridized carbons (Fsp3) is 0.231. The van der Waals surface area contributed by atoms with Gasteiger partial charge in [0.2, 0.25) is 0 Å². The molecule has 1 fully saturated rings. The van der Waals surface area contributed by atoms with Gasteiger partial charge in [0.15, 0.2) is 11.6 Å². The fourth-order valence-corrected chi connectivity index (χ4v) is 6.50. The summed E-state index contributed by atoms with van der Waals surface area (Å²) in [5.41, 5.74) is 1.74. The Hall–Kier alpha value is -3.36. The number of ketones is 2. The number of hydrogen-bond donors (Lipinski definition) is 2. The largest absolute Gasteiger partial charge is 0.507 e. The highest BCUT2D eigenvalue weighted by Gasteiger charge is 2.56. The molecule has 6 rings (SSSR count). The van der Waals surface area contributed by atoms with Crippen LogP contribution in [0.2, 0.25) is 0 Å². The number of benzene rings is 2. The Labute approximate surface area is 202 Å². The van der Waals surface area contributed by atoms with Crippen LogP contribution in [0.5, 0.6) is 5.75 Å². The van der Waals surface area contributed by atoms with Gasteiger partial charge in [-0.3, -0.25) is 24.4 Å². The molecule has 2 N–H and O–H groups in total. The molecule has 8 heteroatoms. The van der Waals surface area contributed by atoms with Gasteiger partial charge in [-0.05, 0) is 40.1 Å². The molecule has 4 unspecified atom stereocenters. The van der Waals surface area contributed by atoms with Gasteiger partial charge in [0.05, 0.1) is 16.3 Å². The number of nitrogens with zero attached hydrogens (tertiary/aromatic N) is 1. The van der Waals surface area contributed by atoms with Crippen LogP contribution in [0, 0.1) is 17.8 Å². The number of Topliss-reactive ketones (excluding diaryl/α,β-unsaturated/α-hetero) is 1. The number of hydroxylamine groups is 2. The van der Waals surface area contributed by atoms with Crippen molar-refractivity contribution in [2.45, 2.75) is 18.8 Å². The van der Waals surface area contributed by atoms with Crippen molar-refractivity contribution >= 4 is 50.1 Å². The second-order valence-electron chi connectivity index (χ2n) is 9.11. The lowest BCUT2D eigenvalue weighted by atomic mass is 9.59. The predicted molar refractivity (Wildman–Crippen MR) is 124 cm³/mol. The summed E-state index contributed by atoms with van der Waals surface area (Å²) in [5.74, 6) is -4.87. The number of carbonyl (C=O) groups is 4. The Morgan fingerprint density at radius 3 is 2.53 bits per heavy atom. The minimum atomic E-state index is -0.829. The molecule has 0 bridgehead atoms. The van der Waals surface area contributed by atoms with Crippen molar-refractivity contribution in [3.63, 3.8) is 0 Å². The third-order valence-electron chi connectivity index (χ3n) is 7.55. The summed E-state index contributed by atoms with van der Waals surface area (Å²) >= 11 is 3.18. The topological polar surface area (TPSA) is 112 Å². The lowest BCUT2D eigenvalue weighted by Gasteiger charge is -2.42. The molecule has 3 aliphatic carbocycles. The molecule has 0 spiro atoms. The van der Waals surface area contributed by atoms with E-state index in [2.05, 4.69) is 15.9 Å². The van der Waals surface area contributed by atoms with Crippen molar-refractivity contribution in [1.82, 2.24) is 5.06 Å². The van der Waals surface area contributed by atoms with Gasteiger partial charge in [-0.25, -0.2) is 0 Å². The normalized spacial score (nSPS) is 28.6. The Kier molecular flexibility index (Phi) is 4.56. The van der Waals surface area contributed by atoms with Gasteiger partial charge in [-0.2, -0.15) is 5.06 Å². The SMILES string of the molecule is O=C1C=C(Br)C(=O)C2=C1C(c1ccc3ccccc3c1O)C1=CCC3C(=O)N(O)C(=O)C3C1C2. The van der Waals surface area contributed by atoms with Crippen LogP contribution >= 0.6 is 15.9 Å². The molecule has 0 aromatic heterocycles. The van der Waals surface area contributed by atoms with E-state index in [0.717, 1.165) is 11.0 Å². The molecular formula is C26H18BrNO6. The molecule has 170 valence electrons. The minimum absolute atomic E-state index is 0.00472. The average Bonchev–Trinajstić information content (AvgIpc) is 3.06. The van der Waals surface area contributed by atoms with E-state index in [9.17, 15) is 29.5 Å². The number of carbonyl (C=O) groups excluding carboxylic acids is 4. The van der Waals surface area contributed by atoms with Gasteiger partial charge in [0.1, 0.15) is 5.75 Å². The van der Waals surface area contributed by atoms with Crippen LogP contribution in [0.3, 0.4) is 0 Å². The number of amides is 2. The smallest absolute Gasteiger partial charge is 0.257 e. The third kappa shape index (κ3) is 2.72. The first kappa shape index (κ1) is 21.2. The van der Waals surface area contributed by atoms with Gasteiger partial charge >= 0.3 is 0 Å². The maximum Gasteiger partial charge on any atom is 0.257 e. The number of rotatable bonds is 1. The highest BCUT2D eigenvalue weighted by atomic mass is 79.9. The number of allylic oxidation sites excluding steroid dienone is 6. The van der Waals surface area contributed by atoms with Crippen LogP contribution in [-0.2, 0) is 19.2 Å². The van der Waals surface area contributed by atoms with E-state index < -0.39 is 35.5 Å². The van der Waals surface area contributed by atoms with Crippen LogP contribution in [0.1, 0.15) is 24.3 Å². The summed E-state index contributed by atoms with van der Waals surface area (Å²) in [6.07, 6.45) is 3.42. The Morgan fingerprint density at radius 1 is 0.971 bits per heavy atom. The minimum Gasteiger partial charge on any atom is -0.507 e. The summed E-state index contributed by atoms with van der Waals surface area (Å²) in [5, 5.41) is 22.9. The zero-order chi connectivity index (χ0) is 23.9. The zero-order valence-corrected chi connectivity index (χ0v) is 19.3. The molecule has 0 radical (unpaired) electrons. The predicted octanol–water partition coefficient (Wildman–Crippen LogP) is 3.70. The van der Waals surface area contributed by atoms with E-state index in [4.69, 9.17) is 0 Å². The molecule has 4 atom stereocenters. The van der Waals surface area contributed by atoms with Crippen LogP contribution in [0.15, 0.2) is 69.8 Å². The van der Waals surface area contributed by atoms with Crippen molar-refractivity contribution in [3.05, 3.63) is 75.3 Å². The molecule has 2 aromatic rings. The lowest BCUT2D eigenvalue weighted by Crippen LogP contribution is -2.39. The summed E-state index contributed by atoms with van der Waals surface area (Å²) in [6.45, 7) is 0. The Bertz CT molecular complexity index is 1450. The molecule has 1 heterocycles. The van der Waals surface area contributed by atoms with Gasteiger partial charge in [-0.15, -0.1) is 0 Å². The molecular weight excluding hydrogens is 502 g/mol. The fourth-order valence-electron chi connectivity index (χ4n) is 6.05. The van der Waals surface area contributed by atoms with Gasteiger partial charge in [0.25, 0.3) is 11.8 Å². The van der Waals surface area contributed by atoms with Crippen LogP contribution < -0.4 is 0 Å². The molecule has 2 aromatic carbocycles. The zero-order valence-electron chi connectivity index (χ0n) is 17.7. The molecule has 2 amide bonds. The first-order valence-corrected chi connectivity index (χ1v) is 11.8. The summed E-state index contributed by atoms with van der Waals surface area (Å²) in [6, 6.07) is 10.9. The molecule has 1 aliphatic heterocycles. The van der Waals surface area contributed by atoms with Crippen LogP contribution in [0.4, 0.5) is 0 Å². The van der Waals surface area contributed by atoms with Crippen molar-refractivity contribution in [3.8, 4) is 5.75 Å². The second kappa shape index (κ2) is 7.32. The number of phenols is 1. The summed E-state index contributed by atoms with van der Waals surface area (Å²) in [7, 11) is 0. The summed E-state index contributed by atoms with van der Waals surface area (Å²) < 4.78 is 0.134. The number of fused-ring (bicyclic) bond motifs is 4. The number of hydrogen-bond acceptors (Lipinski definition) is 6. The van der Waals surface area contributed by atoms with Crippen LogP contribution in [0.25, 0.3) is 10.8 Å². The highest BCUT2D eigenvalue weighted by Crippen LogP contribution is 2.56. The van der Waals surface area contributed by atoms with Crippen LogP contribution in [-0.4, -0.2) is 38.8 Å². The molecule has 1 saturated heterocycles. The monoisotopic (exact) mass is 519 g/mol. The number of phenolic OH excluding ortho intramolecular Hbond substituents is 1. The molecule has 0 saturated carbocycles. The van der Waals surface area contributed by atoms with Gasteiger partial charge in [-0.1, -0.05) is 48.0 Å². The number of aromatic hydroxyl groups is 1. The van der Waals surface area contributed by atoms with Gasteiger partial charge in [0, 0.05) is 34.1 Å². The summed E-state index contributed by atoms with van der Waals surface area (Å²) in [4.78, 5) is 51.7. The van der Waals surface area contributed by atoms with E-state index in [0.29, 0.717) is 10.9 Å². The van der Waals surface area contributed by atoms with E-state index in [1.165, 1.54) is 6.08 Å². The second-order valence-corrected chi connectivity index (χ2v) is 9.96. The number of halogens is 1. The van der Waals surface area contributed by atoms with E-state index >= 15 is 0 Å². The first-order chi connectivity index (χ1) is 16.3. The van der Waals surface area contributed by atoms with Crippen molar-refractivity contribution in [2.24, 2.45) is 17.8 Å². The lowest BCUT2D eigenvalue weighted by molar-refractivity contribution is -0.173. The maximum absolute atomic E-state index is 13.2. The Morgan fingerprint density at radius 2 is 1.74 bits per heavy atom. The van der Waals surface area contributed by atoms with E-state index in [1.54, 1.807) is 18.2 Å². The van der Waals surface area contributed by atoms with E-state index in [1.807, 2.05) is 24.3 Å². The maximum atomic E-state index is 13.2. The first-order valence-electron chi connectivity index (χ1n) is 11.0. The third-order valence-corrected chi connectivity index (χ3v) is 8.14. The van der Waals surface area contributed by atoms with Crippen molar-refractivity contribution in [2.75, 3.05) is 0 Å². The van der Waals surface area contributed by atoms with Crippen molar-refractivity contribution < 1.29 is 29.5 Å². The van der Waals surface area contributed by atoms with Crippen molar-refractivity contribution in [1.29, 1.82) is 0 Å². The number of imide groups is 1. The molecule has 34 heavy (non-hydrogen) atoms. The molecule has 7 nitrogen and oxygen atoms in total. The standard InChI is InChI=1S/C26H18BrNO6/c27-18-10-19(29)22-17(24(18)31)9-16-13(7-8-15-21(16)26(33)28(34)25(15)32)20(22)14-6-5-11-3-1-2-4-12(11)23(14)30/h1-7,10,15-16,20-21,30,34H,8-9H2. The average molecular weight is 520 g/mol. The molecule has 4 aliphatic rings. The van der Waals surface area contributed by atoms with Gasteiger partial charge < -0.3 is 5.11 Å². The highest BCUT2D eigenvalue weighted by molar-refractivity contribution is 9.12. The van der Waals surface area contributed by atoms with E-state index in [-0.39, 0.29) is 50.8 Å².